The van der Waals surface area contributed by atoms with Crippen molar-refractivity contribution in [3.63, 3.8) is 0 Å². The summed E-state index contributed by atoms with van der Waals surface area (Å²) in [6.07, 6.45) is 0.946. The number of rotatable bonds is 3. The van der Waals surface area contributed by atoms with Gasteiger partial charge in [0.05, 0.1) is 0 Å². The van der Waals surface area contributed by atoms with Gasteiger partial charge in [0.2, 0.25) is 0 Å². The third kappa shape index (κ3) is 3.51. The minimum Gasteiger partial charge on any atom is -0.460 e. The summed E-state index contributed by atoms with van der Waals surface area (Å²) in [5.74, 6) is 1.80. The molecule has 1 aliphatic rings. The van der Waals surface area contributed by atoms with E-state index in [0.29, 0.717) is 23.1 Å². The van der Waals surface area contributed by atoms with E-state index in [1.807, 2.05) is 19.1 Å². The number of amides is 1. The molecule has 1 amide bonds. The fraction of sp³-hybridized carbons (Fsp3) is 0.467. The van der Waals surface area contributed by atoms with E-state index >= 15 is 0 Å². The summed E-state index contributed by atoms with van der Waals surface area (Å²) < 4.78 is 5.52. The average Bonchev–Trinajstić information content (AvgIpc) is 3.10. The zero-order chi connectivity index (χ0) is 14.8. The Balaban J connectivity index is 0.00000176. The molecule has 2 atom stereocenters. The second-order valence-corrected chi connectivity index (χ2v) is 5.63. The highest BCUT2D eigenvalue weighted by Gasteiger charge is 2.24. The molecule has 0 aromatic carbocycles. The molecule has 3 heterocycles. The molecule has 3 N–H and O–H groups in total. The minimum atomic E-state index is -0.139. The fourth-order valence-electron chi connectivity index (χ4n) is 2.61. The van der Waals surface area contributed by atoms with Gasteiger partial charge in [-0.05, 0) is 44.5 Å². The molecule has 2 aromatic rings. The Morgan fingerprint density at radius 2 is 2.27 bits per heavy atom. The maximum atomic E-state index is 12.3. The first-order valence-electron chi connectivity index (χ1n) is 7.27. The Hall–Kier alpha value is -1.79. The number of aromatic amines is 1. The van der Waals surface area contributed by atoms with Crippen LogP contribution in [0.4, 0.5) is 0 Å². The molecule has 2 aromatic heterocycles. The summed E-state index contributed by atoms with van der Waals surface area (Å²) in [5.41, 5.74) is 1.11. The highest BCUT2D eigenvalue weighted by molar-refractivity contribution is 5.93. The second kappa shape index (κ2) is 6.98. The van der Waals surface area contributed by atoms with Crippen molar-refractivity contribution in [1.82, 2.24) is 20.8 Å². The van der Waals surface area contributed by atoms with Crippen LogP contribution in [0.3, 0.4) is 0 Å². The van der Waals surface area contributed by atoms with E-state index in [2.05, 4.69) is 27.8 Å². The minimum absolute atomic E-state index is 0. The lowest BCUT2D eigenvalue weighted by Gasteiger charge is -2.29. The molecule has 6 nitrogen and oxygen atoms in total. The van der Waals surface area contributed by atoms with Gasteiger partial charge >= 0.3 is 0 Å². The fourth-order valence-corrected chi connectivity index (χ4v) is 2.61. The summed E-state index contributed by atoms with van der Waals surface area (Å²) in [5, 5.41) is 13.3. The van der Waals surface area contributed by atoms with E-state index in [0.717, 1.165) is 25.3 Å². The highest BCUT2D eigenvalue weighted by atomic mass is 35.5. The monoisotopic (exact) mass is 324 g/mol. The van der Waals surface area contributed by atoms with Crippen LogP contribution in [0.1, 0.15) is 29.6 Å². The number of hydrogen-bond acceptors (Lipinski definition) is 4. The van der Waals surface area contributed by atoms with Crippen LogP contribution in [0.25, 0.3) is 11.5 Å². The SMILES string of the molecule is Cc1ccc(-c2cc(C(=O)NC3CCNCC3C)n[nH]2)o1.Cl. The van der Waals surface area contributed by atoms with Gasteiger partial charge in [0.15, 0.2) is 11.5 Å². The third-order valence-corrected chi connectivity index (χ3v) is 3.92. The van der Waals surface area contributed by atoms with Crippen molar-refractivity contribution < 1.29 is 9.21 Å². The number of halogens is 1. The van der Waals surface area contributed by atoms with Crippen molar-refractivity contribution in [3.05, 3.63) is 29.7 Å². The zero-order valence-corrected chi connectivity index (χ0v) is 13.5. The Morgan fingerprint density at radius 1 is 1.45 bits per heavy atom. The van der Waals surface area contributed by atoms with E-state index in [1.165, 1.54) is 0 Å². The number of carbonyl (C=O) groups excluding carboxylic acids is 1. The van der Waals surface area contributed by atoms with Crippen LogP contribution in [-0.4, -0.2) is 35.2 Å². The van der Waals surface area contributed by atoms with Crippen molar-refractivity contribution in [2.45, 2.75) is 26.3 Å². The molecular formula is C15H21ClN4O2. The van der Waals surface area contributed by atoms with Crippen molar-refractivity contribution in [1.29, 1.82) is 0 Å². The number of aromatic nitrogens is 2. The van der Waals surface area contributed by atoms with Gasteiger partial charge in [-0.1, -0.05) is 6.92 Å². The van der Waals surface area contributed by atoms with Crippen molar-refractivity contribution in [2.24, 2.45) is 5.92 Å². The number of nitrogens with one attached hydrogen (secondary N) is 3. The van der Waals surface area contributed by atoms with Crippen LogP contribution in [0.15, 0.2) is 22.6 Å². The van der Waals surface area contributed by atoms with Crippen molar-refractivity contribution >= 4 is 18.3 Å². The van der Waals surface area contributed by atoms with Gasteiger partial charge in [-0.3, -0.25) is 9.89 Å². The molecule has 0 radical (unpaired) electrons. The number of carbonyl (C=O) groups is 1. The molecule has 2 unspecified atom stereocenters. The van der Waals surface area contributed by atoms with E-state index in [4.69, 9.17) is 4.42 Å². The van der Waals surface area contributed by atoms with Crippen LogP contribution in [0.2, 0.25) is 0 Å². The first kappa shape index (κ1) is 16.6. The molecule has 3 rings (SSSR count). The Kier molecular flexibility index (Phi) is 5.26. The molecule has 0 spiro atoms. The number of hydrogen-bond donors (Lipinski definition) is 3. The Bertz CT molecular complexity index is 637. The van der Waals surface area contributed by atoms with E-state index in [-0.39, 0.29) is 24.4 Å². The average molecular weight is 325 g/mol. The lowest BCUT2D eigenvalue weighted by molar-refractivity contribution is 0.0909. The van der Waals surface area contributed by atoms with E-state index < -0.39 is 0 Å². The largest absolute Gasteiger partial charge is 0.460 e. The maximum Gasteiger partial charge on any atom is 0.272 e. The first-order valence-corrected chi connectivity index (χ1v) is 7.27. The van der Waals surface area contributed by atoms with Gasteiger partial charge in [-0.2, -0.15) is 5.10 Å². The van der Waals surface area contributed by atoms with Crippen LogP contribution >= 0.6 is 12.4 Å². The molecule has 22 heavy (non-hydrogen) atoms. The molecule has 0 aliphatic carbocycles. The first-order chi connectivity index (χ1) is 10.1. The van der Waals surface area contributed by atoms with Gasteiger partial charge < -0.3 is 15.1 Å². The number of piperidine rings is 1. The lowest BCUT2D eigenvalue weighted by Crippen LogP contribution is -2.48. The van der Waals surface area contributed by atoms with Crippen LogP contribution in [-0.2, 0) is 0 Å². The van der Waals surface area contributed by atoms with Crippen LogP contribution in [0, 0.1) is 12.8 Å². The standard InChI is InChI=1S/C15H20N4O2.ClH/c1-9-8-16-6-5-11(9)17-15(20)13-7-12(18-19-13)14-4-3-10(2)21-14;/h3-4,7,9,11,16H,5-6,8H2,1-2H3,(H,17,20)(H,18,19);1H. The Morgan fingerprint density at radius 3 is 2.95 bits per heavy atom. The molecule has 120 valence electrons. The second-order valence-electron chi connectivity index (χ2n) is 5.63. The van der Waals surface area contributed by atoms with E-state index in [9.17, 15) is 4.79 Å². The summed E-state index contributed by atoms with van der Waals surface area (Å²) in [6.45, 7) is 5.89. The number of aryl methyl sites for hydroxylation is 1. The number of nitrogens with zero attached hydrogens (tertiary/aromatic N) is 1. The molecule has 0 saturated carbocycles. The van der Waals surface area contributed by atoms with Gasteiger partial charge in [-0.25, -0.2) is 0 Å². The van der Waals surface area contributed by atoms with Gasteiger partial charge in [-0.15, -0.1) is 12.4 Å². The molecule has 1 saturated heterocycles. The van der Waals surface area contributed by atoms with Gasteiger partial charge in [0, 0.05) is 12.1 Å². The summed E-state index contributed by atoms with van der Waals surface area (Å²) in [7, 11) is 0. The lowest BCUT2D eigenvalue weighted by atomic mass is 9.95. The number of furan rings is 1. The van der Waals surface area contributed by atoms with Crippen LogP contribution in [0.5, 0.6) is 0 Å². The predicted octanol–water partition coefficient (Wildman–Crippen LogP) is 2.13. The summed E-state index contributed by atoms with van der Waals surface area (Å²) in [4.78, 5) is 12.3. The van der Waals surface area contributed by atoms with Crippen molar-refractivity contribution in [3.8, 4) is 11.5 Å². The zero-order valence-electron chi connectivity index (χ0n) is 12.7. The van der Waals surface area contributed by atoms with Crippen molar-refractivity contribution in [2.75, 3.05) is 13.1 Å². The molecule has 0 bridgehead atoms. The quantitative estimate of drug-likeness (QED) is 0.807. The molecule has 1 fully saturated rings. The Labute approximate surface area is 135 Å². The molecule has 1 aliphatic heterocycles. The predicted molar refractivity (Wildman–Crippen MR) is 86.2 cm³/mol. The highest BCUT2D eigenvalue weighted by Crippen LogP contribution is 2.20. The summed E-state index contributed by atoms with van der Waals surface area (Å²) in [6, 6.07) is 5.66. The molecular weight excluding hydrogens is 304 g/mol. The smallest absolute Gasteiger partial charge is 0.272 e. The normalized spacial score (nSPS) is 21.2. The maximum absolute atomic E-state index is 12.3. The van der Waals surface area contributed by atoms with Gasteiger partial charge in [0.25, 0.3) is 5.91 Å². The third-order valence-electron chi connectivity index (χ3n) is 3.92. The van der Waals surface area contributed by atoms with Gasteiger partial charge in [0.1, 0.15) is 11.5 Å². The van der Waals surface area contributed by atoms with Crippen LogP contribution < -0.4 is 10.6 Å². The number of H-pyrrole nitrogens is 1. The summed E-state index contributed by atoms with van der Waals surface area (Å²) >= 11 is 0. The molecule has 7 heteroatoms. The topological polar surface area (TPSA) is 83.0 Å². The van der Waals surface area contributed by atoms with E-state index in [1.54, 1.807) is 6.07 Å².